The number of nitrogens with zero attached hydrogens (tertiary/aromatic N) is 1. The number of carbonyl (C=O) groups is 2. The number of primary amides is 1. The first-order valence-electron chi connectivity index (χ1n) is 7.55. The third kappa shape index (κ3) is 3.30. The van der Waals surface area contributed by atoms with E-state index < -0.39 is 6.03 Å². The van der Waals surface area contributed by atoms with E-state index in [0.29, 0.717) is 0 Å². The van der Waals surface area contributed by atoms with Crippen LogP contribution in [0.2, 0.25) is 0 Å². The number of hydrogen-bond donors (Lipinski definition) is 3. The van der Waals surface area contributed by atoms with Gasteiger partial charge in [0, 0.05) is 12.0 Å². The topological polar surface area (TPSA) is 95.7 Å². The third-order valence-electron chi connectivity index (χ3n) is 4.74. The molecule has 0 aromatic rings. The molecular formula is C14H25N3O3. The Balaban J connectivity index is 2.06. The van der Waals surface area contributed by atoms with Crippen molar-refractivity contribution in [3.8, 4) is 0 Å². The molecule has 2 rings (SSSR count). The summed E-state index contributed by atoms with van der Waals surface area (Å²) in [5, 5.41) is 12.3. The number of hydrogen-bond acceptors (Lipinski definition) is 4. The van der Waals surface area contributed by atoms with Crippen molar-refractivity contribution in [3.63, 3.8) is 0 Å². The van der Waals surface area contributed by atoms with Gasteiger partial charge in [0.1, 0.15) is 0 Å². The molecule has 1 saturated heterocycles. The van der Waals surface area contributed by atoms with Crippen LogP contribution in [0.25, 0.3) is 0 Å². The zero-order valence-corrected chi connectivity index (χ0v) is 12.0. The highest BCUT2D eigenvalue weighted by Gasteiger charge is 2.39. The van der Waals surface area contributed by atoms with Crippen molar-refractivity contribution in [1.29, 1.82) is 0 Å². The number of piperidine rings is 1. The average molecular weight is 283 g/mol. The Labute approximate surface area is 119 Å². The number of nitrogens with two attached hydrogens (primary N) is 1. The summed E-state index contributed by atoms with van der Waals surface area (Å²) in [6, 6.07) is -0.966. The molecule has 6 nitrogen and oxygen atoms in total. The largest absolute Gasteiger partial charge is 0.393 e. The summed E-state index contributed by atoms with van der Waals surface area (Å²) < 4.78 is 0. The highest BCUT2D eigenvalue weighted by atomic mass is 16.3. The van der Waals surface area contributed by atoms with Crippen LogP contribution < -0.4 is 11.1 Å². The molecule has 0 aromatic heterocycles. The van der Waals surface area contributed by atoms with Crippen LogP contribution in [0.3, 0.4) is 0 Å². The first-order valence-corrected chi connectivity index (χ1v) is 7.55. The molecule has 0 spiro atoms. The molecular weight excluding hydrogens is 258 g/mol. The number of aliphatic hydroxyl groups excluding tert-OH is 1. The van der Waals surface area contributed by atoms with E-state index in [1.807, 2.05) is 0 Å². The smallest absolute Gasteiger partial charge is 0.318 e. The molecule has 2 aliphatic rings. The van der Waals surface area contributed by atoms with Crippen molar-refractivity contribution < 1.29 is 14.7 Å². The number of carbonyl (C=O) groups excluding carboxylic acids is 2. The molecule has 0 aromatic carbocycles. The molecule has 1 aliphatic heterocycles. The van der Waals surface area contributed by atoms with E-state index in [4.69, 9.17) is 5.73 Å². The minimum Gasteiger partial charge on any atom is -0.393 e. The lowest BCUT2D eigenvalue weighted by molar-refractivity contribution is -0.127. The first-order chi connectivity index (χ1) is 9.50. The highest BCUT2D eigenvalue weighted by Crippen LogP contribution is 2.35. The normalized spacial score (nSPS) is 32.8. The van der Waals surface area contributed by atoms with E-state index in [0.717, 1.165) is 45.1 Å². The molecule has 4 atom stereocenters. The van der Waals surface area contributed by atoms with Crippen LogP contribution in [-0.2, 0) is 4.79 Å². The van der Waals surface area contributed by atoms with Crippen molar-refractivity contribution in [3.05, 3.63) is 0 Å². The molecule has 3 amide bonds. The summed E-state index contributed by atoms with van der Waals surface area (Å²) in [4.78, 5) is 24.9. The van der Waals surface area contributed by atoms with E-state index in [-0.39, 0.29) is 30.0 Å². The van der Waals surface area contributed by atoms with Gasteiger partial charge in [-0.05, 0) is 39.2 Å². The fourth-order valence-electron chi connectivity index (χ4n) is 3.71. The van der Waals surface area contributed by atoms with Crippen LogP contribution in [0.1, 0.15) is 45.4 Å². The van der Waals surface area contributed by atoms with E-state index in [1.165, 1.54) is 0 Å². The maximum atomic E-state index is 12.0. The van der Waals surface area contributed by atoms with Gasteiger partial charge in [-0.1, -0.05) is 12.8 Å². The maximum absolute atomic E-state index is 12.0. The lowest BCUT2D eigenvalue weighted by Crippen LogP contribution is -2.56. The van der Waals surface area contributed by atoms with Crippen LogP contribution in [0, 0.1) is 5.92 Å². The Morgan fingerprint density at radius 2 is 2.00 bits per heavy atom. The molecule has 1 heterocycles. The Morgan fingerprint density at radius 3 is 2.60 bits per heavy atom. The summed E-state index contributed by atoms with van der Waals surface area (Å²) in [6.07, 6.45) is 5.87. The number of likely N-dealkylation sites (tertiary alicyclic amines) is 1. The third-order valence-corrected chi connectivity index (χ3v) is 4.74. The van der Waals surface area contributed by atoms with Gasteiger partial charge in [0.15, 0.2) is 0 Å². The molecule has 1 saturated carbocycles. The van der Waals surface area contributed by atoms with Crippen molar-refractivity contribution >= 4 is 11.9 Å². The van der Waals surface area contributed by atoms with Crippen molar-refractivity contribution in [1.82, 2.24) is 10.2 Å². The molecule has 6 heteroatoms. The van der Waals surface area contributed by atoms with Gasteiger partial charge in [0.25, 0.3) is 0 Å². The number of urea groups is 1. The number of imide groups is 1. The highest BCUT2D eigenvalue weighted by molar-refractivity contribution is 5.96. The summed E-state index contributed by atoms with van der Waals surface area (Å²) in [6.45, 7) is 2.64. The van der Waals surface area contributed by atoms with Crippen LogP contribution in [0.15, 0.2) is 0 Å². The van der Waals surface area contributed by atoms with E-state index >= 15 is 0 Å². The fraction of sp³-hybridized carbons (Fsp3) is 0.857. The Kier molecular flexibility index (Phi) is 4.99. The van der Waals surface area contributed by atoms with Gasteiger partial charge in [-0.15, -0.1) is 0 Å². The van der Waals surface area contributed by atoms with Crippen molar-refractivity contribution in [2.24, 2.45) is 11.7 Å². The van der Waals surface area contributed by atoms with Gasteiger partial charge < -0.3 is 10.8 Å². The van der Waals surface area contributed by atoms with Crippen LogP contribution in [-0.4, -0.2) is 46.7 Å². The first kappa shape index (κ1) is 15.3. The Hall–Kier alpha value is -1.14. The molecule has 4 unspecified atom stereocenters. The monoisotopic (exact) mass is 283 g/mol. The molecule has 2 fully saturated rings. The molecule has 0 radical (unpaired) electrons. The molecule has 4 N–H and O–H groups in total. The summed E-state index contributed by atoms with van der Waals surface area (Å²) in [7, 11) is 0. The van der Waals surface area contributed by atoms with E-state index in [2.05, 4.69) is 10.2 Å². The summed E-state index contributed by atoms with van der Waals surface area (Å²) >= 11 is 0. The second kappa shape index (κ2) is 6.54. The predicted octanol–water partition coefficient (Wildman–Crippen LogP) is 0.585. The fourth-order valence-corrected chi connectivity index (χ4v) is 3.71. The van der Waals surface area contributed by atoms with Crippen molar-refractivity contribution in [2.75, 3.05) is 6.54 Å². The molecule has 114 valence electrons. The van der Waals surface area contributed by atoms with Crippen LogP contribution >= 0.6 is 0 Å². The minimum absolute atomic E-state index is 0.231. The summed E-state index contributed by atoms with van der Waals surface area (Å²) in [5.41, 5.74) is 5.01. The molecule has 20 heavy (non-hydrogen) atoms. The number of nitrogens with one attached hydrogen (secondary N) is 1. The zero-order valence-electron chi connectivity index (χ0n) is 12.0. The average Bonchev–Trinajstić information content (AvgIpc) is 2.83. The Bertz CT molecular complexity index is 375. The van der Waals surface area contributed by atoms with E-state index in [9.17, 15) is 14.7 Å². The predicted molar refractivity (Wildman–Crippen MR) is 74.9 cm³/mol. The van der Waals surface area contributed by atoms with Crippen LogP contribution in [0.4, 0.5) is 4.79 Å². The van der Waals surface area contributed by atoms with Gasteiger partial charge in [-0.2, -0.15) is 0 Å². The Morgan fingerprint density at radius 1 is 1.25 bits per heavy atom. The lowest BCUT2D eigenvalue weighted by atomic mass is 9.86. The van der Waals surface area contributed by atoms with Gasteiger partial charge in [0.2, 0.25) is 5.91 Å². The van der Waals surface area contributed by atoms with Gasteiger partial charge in [-0.25, -0.2) is 4.79 Å². The standard InChI is InChI=1S/C14H25N3O3/c1-9(13(19)16-14(15)20)17-8-3-2-6-11(17)10-5-4-7-12(10)18/h9-12,18H,2-8H2,1H3,(H3,15,16,19,20). The van der Waals surface area contributed by atoms with Gasteiger partial charge >= 0.3 is 6.03 Å². The minimum atomic E-state index is -0.809. The van der Waals surface area contributed by atoms with Crippen molar-refractivity contribution in [2.45, 2.75) is 63.6 Å². The second-order valence-electron chi connectivity index (χ2n) is 5.99. The van der Waals surface area contributed by atoms with E-state index in [1.54, 1.807) is 6.92 Å². The number of rotatable bonds is 3. The quantitative estimate of drug-likeness (QED) is 0.706. The maximum Gasteiger partial charge on any atom is 0.318 e. The molecule has 1 aliphatic carbocycles. The van der Waals surface area contributed by atoms with Gasteiger partial charge in [-0.3, -0.25) is 15.0 Å². The summed E-state index contributed by atoms with van der Waals surface area (Å²) in [5.74, 6) is -0.101. The van der Waals surface area contributed by atoms with Crippen LogP contribution in [0.5, 0.6) is 0 Å². The molecule has 0 bridgehead atoms. The SMILES string of the molecule is CC(C(=O)NC(N)=O)N1CCCCC1C1CCCC1O. The number of aliphatic hydroxyl groups is 1. The lowest BCUT2D eigenvalue weighted by Gasteiger charge is -2.43. The zero-order chi connectivity index (χ0) is 14.7. The second-order valence-corrected chi connectivity index (χ2v) is 5.99. The van der Waals surface area contributed by atoms with Gasteiger partial charge in [0.05, 0.1) is 12.1 Å². The number of amides is 3.